The van der Waals surface area contributed by atoms with Crippen molar-refractivity contribution in [2.75, 3.05) is 5.73 Å². The van der Waals surface area contributed by atoms with Gasteiger partial charge >= 0.3 is 0 Å². The molecule has 4 heteroatoms. The Kier molecular flexibility index (Phi) is 3.61. The van der Waals surface area contributed by atoms with E-state index in [0.29, 0.717) is 17.3 Å². The molecular formula is C13H19N3O. The van der Waals surface area contributed by atoms with Gasteiger partial charge in [-0.2, -0.15) is 0 Å². The number of amides is 1. The Labute approximate surface area is 102 Å². The first-order valence-electron chi connectivity index (χ1n) is 6.20. The Morgan fingerprint density at radius 2 is 2.24 bits per heavy atom. The van der Waals surface area contributed by atoms with Crippen LogP contribution in [0.4, 0.5) is 5.82 Å². The van der Waals surface area contributed by atoms with Gasteiger partial charge < -0.3 is 11.1 Å². The topological polar surface area (TPSA) is 68.0 Å². The van der Waals surface area contributed by atoms with Gasteiger partial charge in [-0.15, -0.1) is 0 Å². The molecule has 0 saturated heterocycles. The number of nitrogens with zero attached hydrogens (tertiary/aromatic N) is 1. The molecule has 0 bridgehead atoms. The van der Waals surface area contributed by atoms with Crippen molar-refractivity contribution in [3.8, 4) is 0 Å². The van der Waals surface area contributed by atoms with Crippen LogP contribution in [-0.4, -0.2) is 16.9 Å². The molecule has 0 aliphatic heterocycles. The van der Waals surface area contributed by atoms with Crippen molar-refractivity contribution in [1.82, 2.24) is 10.3 Å². The van der Waals surface area contributed by atoms with E-state index in [1.54, 1.807) is 18.3 Å². The van der Waals surface area contributed by atoms with Crippen LogP contribution in [0.25, 0.3) is 0 Å². The Hall–Kier alpha value is -1.58. The van der Waals surface area contributed by atoms with Crippen LogP contribution >= 0.6 is 0 Å². The maximum atomic E-state index is 12.0. The number of hydrogen-bond donors (Lipinski definition) is 2. The summed E-state index contributed by atoms with van der Waals surface area (Å²) in [6.07, 6.45) is 6.30. The third-order valence-corrected chi connectivity index (χ3v) is 3.51. The van der Waals surface area contributed by atoms with Gasteiger partial charge in [0, 0.05) is 12.2 Å². The van der Waals surface area contributed by atoms with Gasteiger partial charge in [0.05, 0.1) is 5.56 Å². The van der Waals surface area contributed by atoms with Crippen LogP contribution in [0.15, 0.2) is 18.3 Å². The van der Waals surface area contributed by atoms with Gasteiger partial charge in [0.1, 0.15) is 5.82 Å². The van der Waals surface area contributed by atoms with Crippen molar-refractivity contribution < 1.29 is 4.79 Å². The summed E-state index contributed by atoms with van der Waals surface area (Å²) in [5.74, 6) is 0.744. The summed E-state index contributed by atoms with van der Waals surface area (Å²) < 4.78 is 0. The van der Waals surface area contributed by atoms with Gasteiger partial charge in [-0.25, -0.2) is 4.98 Å². The van der Waals surface area contributed by atoms with E-state index in [0.717, 1.165) is 6.42 Å². The highest BCUT2D eigenvalue weighted by molar-refractivity contribution is 5.98. The van der Waals surface area contributed by atoms with Gasteiger partial charge in [0.2, 0.25) is 0 Å². The molecule has 0 aromatic carbocycles. The minimum atomic E-state index is -0.102. The van der Waals surface area contributed by atoms with E-state index in [1.165, 1.54) is 19.3 Å². The molecule has 1 saturated carbocycles. The van der Waals surface area contributed by atoms with Gasteiger partial charge in [-0.05, 0) is 30.9 Å². The Morgan fingerprint density at radius 1 is 1.47 bits per heavy atom. The summed E-state index contributed by atoms with van der Waals surface area (Å²) in [7, 11) is 0. The molecule has 4 nitrogen and oxygen atoms in total. The lowest BCUT2D eigenvalue weighted by molar-refractivity contribution is 0.0911. The molecule has 1 aliphatic carbocycles. The van der Waals surface area contributed by atoms with Crippen LogP contribution in [0.5, 0.6) is 0 Å². The predicted molar refractivity (Wildman–Crippen MR) is 67.5 cm³/mol. The van der Waals surface area contributed by atoms with Crippen molar-refractivity contribution in [3.05, 3.63) is 23.9 Å². The van der Waals surface area contributed by atoms with Gasteiger partial charge in [-0.1, -0.05) is 19.8 Å². The summed E-state index contributed by atoms with van der Waals surface area (Å²) in [4.78, 5) is 16.0. The molecular weight excluding hydrogens is 214 g/mol. The van der Waals surface area contributed by atoms with E-state index in [-0.39, 0.29) is 11.9 Å². The first-order valence-corrected chi connectivity index (χ1v) is 6.20. The fraction of sp³-hybridized carbons (Fsp3) is 0.538. The van der Waals surface area contributed by atoms with E-state index in [4.69, 9.17) is 5.73 Å². The standard InChI is InChI=1S/C13H19N3O/c1-9-5-2-3-7-11(9)16-13(17)10-6-4-8-15-12(10)14/h4,6,8-9,11H,2-3,5,7H2,1H3,(H2,14,15)(H,16,17)/t9-,11+/m0/s1. The molecule has 3 N–H and O–H groups in total. The highest BCUT2D eigenvalue weighted by Gasteiger charge is 2.23. The summed E-state index contributed by atoms with van der Waals surface area (Å²) in [6, 6.07) is 3.72. The Balaban J connectivity index is 2.04. The zero-order chi connectivity index (χ0) is 12.3. The molecule has 2 rings (SSSR count). The van der Waals surface area contributed by atoms with E-state index in [9.17, 15) is 4.79 Å². The van der Waals surface area contributed by atoms with Crippen molar-refractivity contribution >= 4 is 11.7 Å². The minimum absolute atomic E-state index is 0.102. The first kappa shape index (κ1) is 11.9. The molecule has 1 fully saturated rings. The van der Waals surface area contributed by atoms with E-state index < -0.39 is 0 Å². The van der Waals surface area contributed by atoms with E-state index >= 15 is 0 Å². The van der Waals surface area contributed by atoms with Crippen molar-refractivity contribution in [2.45, 2.75) is 38.6 Å². The average molecular weight is 233 g/mol. The maximum absolute atomic E-state index is 12.0. The summed E-state index contributed by atoms with van der Waals surface area (Å²) in [5.41, 5.74) is 6.17. The second kappa shape index (κ2) is 5.17. The monoisotopic (exact) mass is 233 g/mol. The van der Waals surface area contributed by atoms with Crippen molar-refractivity contribution in [2.24, 2.45) is 5.92 Å². The lowest BCUT2D eigenvalue weighted by Gasteiger charge is -2.29. The lowest BCUT2D eigenvalue weighted by Crippen LogP contribution is -2.41. The smallest absolute Gasteiger partial charge is 0.255 e. The number of aromatic nitrogens is 1. The number of carbonyl (C=O) groups excluding carboxylic acids is 1. The van der Waals surface area contributed by atoms with Gasteiger partial charge in [-0.3, -0.25) is 4.79 Å². The number of nitrogens with one attached hydrogen (secondary N) is 1. The first-order chi connectivity index (χ1) is 8.18. The molecule has 17 heavy (non-hydrogen) atoms. The number of nitrogen functional groups attached to an aromatic ring is 1. The fourth-order valence-corrected chi connectivity index (χ4v) is 2.39. The second-order valence-electron chi connectivity index (χ2n) is 4.78. The molecule has 1 amide bonds. The molecule has 1 aromatic rings. The molecule has 0 spiro atoms. The van der Waals surface area contributed by atoms with E-state index in [1.807, 2.05) is 0 Å². The number of carbonyl (C=O) groups is 1. The van der Waals surface area contributed by atoms with E-state index in [2.05, 4.69) is 17.2 Å². The van der Waals surface area contributed by atoms with Crippen LogP contribution in [0, 0.1) is 5.92 Å². The van der Waals surface area contributed by atoms with Crippen LogP contribution in [0.2, 0.25) is 0 Å². The molecule has 2 atom stereocenters. The Morgan fingerprint density at radius 3 is 2.94 bits per heavy atom. The largest absolute Gasteiger partial charge is 0.383 e. The summed E-state index contributed by atoms with van der Waals surface area (Å²) in [6.45, 7) is 2.19. The molecule has 0 radical (unpaired) electrons. The zero-order valence-corrected chi connectivity index (χ0v) is 10.1. The van der Waals surface area contributed by atoms with Crippen LogP contribution in [0.1, 0.15) is 43.0 Å². The third-order valence-electron chi connectivity index (χ3n) is 3.51. The molecule has 1 aliphatic rings. The Bertz CT molecular complexity index is 405. The third kappa shape index (κ3) is 2.75. The molecule has 0 unspecified atom stereocenters. The highest BCUT2D eigenvalue weighted by Crippen LogP contribution is 2.24. The second-order valence-corrected chi connectivity index (χ2v) is 4.78. The van der Waals surface area contributed by atoms with Gasteiger partial charge in [0.25, 0.3) is 5.91 Å². The zero-order valence-electron chi connectivity index (χ0n) is 10.1. The maximum Gasteiger partial charge on any atom is 0.255 e. The minimum Gasteiger partial charge on any atom is -0.383 e. The van der Waals surface area contributed by atoms with Crippen molar-refractivity contribution in [1.29, 1.82) is 0 Å². The molecule has 92 valence electrons. The normalized spacial score (nSPS) is 24.3. The fourth-order valence-electron chi connectivity index (χ4n) is 2.39. The van der Waals surface area contributed by atoms with Crippen LogP contribution in [0.3, 0.4) is 0 Å². The quantitative estimate of drug-likeness (QED) is 0.820. The van der Waals surface area contributed by atoms with Gasteiger partial charge in [0.15, 0.2) is 0 Å². The average Bonchev–Trinajstić information content (AvgIpc) is 2.32. The van der Waals surface area contributed by atoms with Crippen molar-refractivity contribution in [3.63, 3.8) is 0 Å². The predicted octanol–water partition coefficient (Wildman–Crippen LogP) is 1.97. The highest BCUT2D eigenvalue weighted by atomic mass is 16.1. The lowest BCUT2D eigenvalue weighted by atomic mass is 9.86. The number of anilines is 1. The number of pyridine rings is 1. The van der Waals surface area contributed by atoms with Crippen LogP contribution < -0.4 is 11.1 Å². The number of hydrogen-bond acceptors (Lipinski definition) is 3. The van der Waals surface area contributed by atoms with Crippen LogP contribution in [-0.2, 0) is 0 Å². The number of nitrogens with two attached hydrogens (primary N) is 1. The SMILES string of the molecule is C[C@H]1CCCC[C@H]1NC(=O)c1cccnc1N. The summed E-state index contributed by atoms with van der Waals surface area (Å²) in [5, 5.41) is 3.07. The molecule has 1 aromatic heterocycles. The molecule has 1 heterocycles. The number of rotatable bonds is 2. The summed E-state index contributed by atoms with van der Waals surface area (Å²) >= 11 is 0.